The highest BCUT2D eigenvalue weighted by Gasteiger charge is 2.13. The maximum absolute atomic E-state index is 11.9. The van der Waals surface area contributed by atoms with E-state index in [-0.39, 0.29) is 6.01 Å². The van der Waals surface area contributed by atoms with Crippen molar-refractivity contribution in [2.24, 2.45) is 5.92 Å². The van der Waals surface area contributed by atoms with Gasteiger partial charge in [-0.2, -0.15) is 0 Å². The van der Waals surface area contributed by atoms with Gasteiger partial charge in [-0.05, 0) is 18.8 Å². The summed E-state index contributed by atoms with van der Waals surface area (Å²) in [6.45, 7) is 6.99. The van der Waals surface area contributed by atoms with Crippen LogP contribution in [0.2, 0.25) is 0 Å². The predicted octanol–water partition coefficient (Wildman–Crippen LogP) is 7.69. The fraction of sp³-hybridized carbons (Fsp3) is 0.875. The minimum atomic E-state index is -0.519. The highest BCUT2D eigenvalue weighted by molar-refractivity contribution is 5.81. The van der Waals surface area contributed by atoms with Crippen molar-refractivity contribution in [2.45, 2.75) is 124 Å². The SMILES string of the molecule is CCCCCCCCCCCCCc1nnc(NC(=O)OCC(CC)CCCC)o1. The van der Waals surface area contributed by atoms with Crippen LogP contribution in [-0.2, 0) is 11.2 Å². The van der Waals surface area contributed by atoms with Gasteiger partial charge in [0.25, 0.3) is 0 Å². The Morgan fingerprint density at radius 2 is 1.47 bits per heavy atom. The molecule has 174 valence electrons. The lowest BCUT2D eigenvalue weighted by atomic mass is 10.0. The van der Waals surface area contributed by atoms with Gasteiger partial charge in [0.2, 0.25) is 5.89 Å². The molecule has 0 aliphatic carbocycles. The fourth-order valence-corrected chi connectivity index (χ4v) is 3.56. The molecule has 6 heteroatoms. The van der Waals surface area contributed by atoms with Crippen molar-refractivity contribution >= 4 is 12.1 Å². The van der Waals surface area contributed by atoms with Gasteiger partial charge in [0, 0.05) is 6.42 Å². The number of amides is 1. The predicted molar refractivity (Wildman–Crippen MR) is 123 cm³/mol. The van der Waals surface area contributed by atoms with Crippen molar-refractivity contribution in [1.82, 2.24) is 10.2 Å². The lowest BCUT2D eigenvalue weighted by Crippen LogP contribution is -2.18. The van der Waals surface area contributed by atoms with Crippen LogP contribution >= 0.6 is 0 Å². The summed E-state index contributed by atoms with van der Waals surface area (Å²) < 4.78 is 10.8. The van der Waals surface area contributed by atoms with Gasteiger partial charge < -0.3 is 9.15 Å². The maximum Gasteiger partial charge on any atom is 0.415 e. The van der Waals surface area contributed by atoms with E-state index in [2.05, 4.69) is 36.3 Å². The van der Waals surface area contributed by atoms with Crippen molar-refractivity contribution in [1.29, 1.82) is 0 Å². The number of anilines is 1. The topological polar surface area (TPSA) is 77.2 Å². The summed E-state index contributed by atoms with van der Waals surface area (Å²) in [6, 6.07) is 0.125. The molecular weight excluding hydrogens is 378 g/mol. The summed E-state index contributed by atoms with van der Waals surface area (Å²) in [4.78, 5) is 11.9. The standard InChI is InChI=1S/C24H45N3O3/c1-4-7-9-10-11-12-13-14-15-16-17-19-22-26-27-23(30-22)25-24(28)29-20-21(6-3)18-8-5-2/h21H,4-20H2,1-3H3,(H,25,27,28). The number of hydrogen-bond donors (Lipinski definition) is 1. The van der Waals surface area contributed by atoms with E-state index < -0.39 is 6.09 Å². The van der Waals surface area contributed by atoms with E-state index in [1.807, 2.05) is 0 Å². The van der Waals surface area contributed by atoms with Crippen LogP contribution in [0.3, 0.4) is 0 Å². The van der Waals surface area contributed by atoms with E-state index in [0.717, 1.165) is 38.5 Å². The van der Waals surface area contributed by atoms with Crippen LogP contribution in [-0.4, -0.2) is 22.9 Å². The molecule has 1 unspecified atom stereocenters. The summed E-state index contributed by atoms with van der Waals surface area (Å²) >= 11 is 0. The molecule has 6 nitrogen and oxygen atoms in total. The maximum atomic E-state index is 11.9. The molecule has 0 saturated carbocycles. The lowest BCUT2D eigenvalue weighted by Gasteiger charge is -2.14. The van der Waals surface area contributed by atoms with Crippen molar-refractivity contribution in [3.05, 3.63) is 5.89 Å². The Morgan fingerprint density at radius 1 is 0.867 bits per heavy atom. The Balaban J connectivity index is 2.06. The first-order valence-electron chi connectivity index (χ1n) is 12.5. The van der Waals surface area contributed by atoms with Gasteiger partial charge in [-0.25, -0.2) is 10.1 Å². The molecule has 0 radical (unpaired) electrons. The fourth-order valence-electron chi connectivity index (χ4n) is 3.56. The summed E-state index contributed by atoms with van der Waals surface area (Å²) in [6.07, 6.45) is 19.1. The third-order valence-electron chi connectivity index (χ3n) is 5.66. The number of hydrogen-bond acceptors (Lipinski definition) is 5. The second kappa shape index (κ2) is 18.2. The van der Waals surface area contributed by atoms with E-state index >= 15 is 0 Å². The van der Waals surface area contributed by atoms with Crippen LogP contribution in [0.1, 0.15) is 123 Å². The molecule has 0 spiro atoms. The van der Waals surface area contributed by atoms with E-state index in [1.165, 1.54) is 64.2 Å². The minimum absolute atomic E-state index is 0.125. The third-order valence-corrected chi connectivity index (χ3v) is 5.66. The Kier molecular flexibility index (Phi) is 16.0. The molecule has 1 N–H and O–H groups in total. The molecule has 0 saturated heterocycles. The average Bonchev–Trinajstić information content (AvgIpc) is 3.19. The second-order valence-corrected chi connectivity index (χ2v) is 8.43. The smallest absolute Gasteiger partial charge is 0.415 e. The van der Waals surface area contributed by atoms with Crippen LogP contribution in [0.15, 0.2) is 4.42 Å². The van der Waals surface area contributed by atoms with Gasteiger partial charge in [0.1, 0.15) is 0 Å². The van der Waals surface area contributed by atoms with Gasteiger partial charge in [-0.1, -0.05) is 109 Å². The number of carbonyl (C=O) groups excluding carboxylic acids is 1. The average molecular weight is 424 g/mol. The summed E-state index contributed by atoms with van der Waals surface area (Å²) in [7, 11) is 0. The third kappa shape index (κ3) is 13.6. The Labute approximate surface area is 183 Å². The molecule has 1 atom stereocenters. The number of ether oxygens (including phenoxy) is 1. The van der Waals surface area contributed by atoms with Crippen LogP contribution in [0.25, 0.3) is 0 Å². The van der Waals surface area contributed by atoms with Gasteiger partial charge in [-0.3, -0.25) is 0 Å². The van der Waals surface area contributed by atoms with Crippen LogP contribution in [0.4, 0.5) is 10.8 Å². The molecule has 1 amide bonds. The first kappa shape index (κ1) is 26.4. The monoisotopic (exact) mass is 423 g/mol. The Hall–Kier alpha value is -1.59. The zero-order chi connectivity index (χ0) is 21.9. The Morgan fingerprint density at radius 3 is 2.07 bits per heavy atom. The number of nitrogens with one attached hydrogen (secondary N) is 1. The second-order valence-electron chi connectivity index (χ2n) is 8.43. The number of unbranched alkanes of at least 4 members (excludes halogenated alkanes) is 11. The largest absolute Gasteiger partial charge is 0.449 e. The van der Waals surface area contributed by atoms with Crippen molar-refractivity contribution < 1.29 is 13.9 Å². The zero-order valence-corrected chi connectivity index (χ0v) is 19.7. The van der Waals surface area contributed by atoms with Crippen molar-refractivity contribution in [3.63, 3.8) is 0 Å². The van der Waals surface area contributed by atoms with Gasteiger partial charge in [-0.15, -0.1) is 5.10 Å². The number of aromatic nitrogens is 2. The molecule has 0 bridgehead atoms. The Bertz CT molecular complexity index is 534. The molecular formula is C24H45N3O3. The quantitative estimate of drug-likeness (QED) is 0.231. The molecule has 1 rings (SSSR count). The van der Waals surface area contributed by atoms with Gasteiger partial charge in [0.15, 0.2) is 0 Å². The molecule has 1 aromatic heterocycles. The normalized spacial score (nSPS) is 12.1. The molecule has 0 aliphatic rings. The van der Waals surface area contributed by atoms with E-state index in [0.29, 0.717) is 18.4 Å². The molecule has 1 aromatic rings. The van der Waals surface area contributed by atoms with Gasteiger partial charge >= 0.3 is 12.1 Å². The number of nitrogens with zero attached hydrogens (tertiary/aromatic N) is 2. The molecule has 1 heterocycles. The van der Waals surface area contributed by atoms with Gasteiger partial charge in [0.05, 0.1) is 6.61 Å². The molecule has 0 aliphatic heterocycles. The molecule has 30 heavy (non-hydrogen) atoms. The summed E-state index contributed by atoms with van der Waals surface area (Å²) in [5.41, 5.74) is 0. The highest BCUT2D eigenvalue weighted by atomic mass is 16.6. The zero-order valence-electron chi connectivity index (χ0n) is 19.7. The number of carbonyl (C=O) groups is 1. The highest BCUT2D eigenvalue weighted by Crippen LogP contribution is 2.15. The van der Waals surface area contributed by atoms with E-state index in [9.17, 15) is 4.79 Å². The number of aryl methyl sites for hydroxylation is 1. The summed E-state index contributed by atoms with van der Waals surface area (Å²) in [5, 5.41) is 10.5. The first-order chi connectivity index (χ1) is 14.7. The minimum Gasteiger partial charge on any atom is -0.449 e. The van der Waals surface area contributed by atoms with E-state index in [1.54, 1.807) is 0 Å². The van der Waals surface area contributed by atoms with Crippen LogP contribution in [0.5, 0.6) is 0 Å². The molecule has 0 fully saturated rings. The van der Waals surface area contributed by atoms with Crippen LogP contribution in [0, 0.1) is 5.92 Å². The molecule has 0 aromatic carbocycles. The number of rotatable bonds is 19. The van der Waals surface area contributed by atoms with E-state index in [4.69, 9.17) is 9.15 Å². The first-order valence-corrected chi connectivity index (χ1v) is 12.5. The van der Waals surface area contributed by atoms with Crippen LogP contribution < -0.4 is 5.32 Å². The lowest BCUT2D eigenvalue weighted by molar-refractivity contribution is 0.135. The van der Waals surface area contributed by atoms with Crippen molar-refractivity contribution in [3.8, 4) is 0 Å². The summed E-state index contributed by atoms with van der Waals surface area (Å²) in [5.74, 6) is 0.991. The van der Waals surface area contributed by atoms with Crippen molar-refractivity contribution in [2.75, 3.05) is 11.9 Å².